The third-order valence-electron chi connectivity index (χ3n) is 5.14. The fraction of sp³-hybridized carbons (Fsp3) is 0.350. The van der Waals surface area contributed by atoms with Crippen LogP contribution in [0.3, 0.4) is 0 Å². The van der Waals surface area contributed by atoms with Gasteiger partial charge in [-0.2, -0.15) is 0 Å². The standard InChI is InChI=1S/C20H22FN3OS.2ClH/c1-22-18-7-2-15(14-19(18)26-20(22)25)8-9-23-10-12-24(13-11-23)17-5-3-16(21)4-6-17;;/h2-7,14H,8-13H2,1H3;2*1H. The Hall–Kier alpha value is -1.60. The summed E-state index contributed by atoms with van der Waals surface area (Å²) in [7, 11) is 1.82. The predicted octanol–water partition coefficient (Wildman–Crippen LogP) is 3.95. The van der Waals surface area contributed by atoms with E-state index in [-0.39, 0.29) is 35.5 Å². The summed E-state index contributed by atoms with van der Waals surface area (Å²) in [6.45, 7) is 4.97. The second-order valence-corrected chi connectivity index (χ2v) is 7.78. The van der Waals surface area contributed by atoms with Crippen molar-refractivity contribution in [1.82, 2.24) is 9.47 Å². The Morgan fingerprint density at radius 2 is 1.68 bits per heavy atom. The minimum absolute atomic E-state index is 0. The monoisotopic (exact) mass is 443 g/mol. The molecule has 0 unspecified atom stereocenters. The molecular formula is C20H24Cl2FN3OS. The molecule has 1 aliphatic rings. The summed E-state index contributed by atoms with van der Waals surface area (Å²) in [5.41, 5.74) is 3.38. The normalized spacial score (nSPS) is 14.6. The smallest absolute Gasteiger partial charge is 0.307 e. The van der Waals surface area contributed by atoms with Crippen LogP contribution in [0.4, 0.5) is 10.1 Å². The molecule has 8 heteroatoms. The molecule has 0 N–H and O–H groups in total. The number of benzene rings is 2. The predicted molar refractivity (Wildman–Crippen MR) is 120 cm³/mol. The van der Waals surface area contributed by atoms with Gasteiger partial charge in [0.25, 0.3) is 0 Å². The number of anilines is 1. The first kappa shape index (κ1) is 22.7. The molecule has 0 spiro atoms. The zero-order chi connectivity index (χ0) is 18.1. The lowest BCUT2D eigenvalue weighted by Crippen LogP contribution is -2.47. The Morgan fingerprint density at radius 3 is 2.36 bits per heavy atom. The van der Waals surface area contributed by atoms with Gasteiger partial charge in [-0.3, -0.25) is 9.69 Å². The molecule has 2 aromatic carbocycles. The van der Waals surface area contributed by atoms with Crippen LogP contribution in [-0.2, 0) is 13.5 Å². The summed E-state index contributed by atoms with van der Waals surface area (Å²) in [6, 6.07) is 13.1. The molecule has 1 saturated heterocycles. The molecule has 1 aromatic heterocycles. The lowest BCUT2D eigenvalue weighted by molar-refractivity contribution is 0.261. The number of halogens is 3. The van der Waals surface area contributed by atoms with Gasteiger partial charge in [0.05, 0.1) is 10.2 Å². The van der Waals surface area contributed by atoms with Gasteiger partial charge < -0.3 is 9.47 Å². The van der Waals surface area contributed by atoms with E-state index < -0.39 is 0 Å². The largest absolute Gasteiger partial charge is 0.369 e. The maximum absolute atomic E-state index is 13.1. The Kier molecular flexibility index (Phi) is 7.89. The van der Waals surface area contributed by atoms with Crippen molar-refractivity contribution in [3.8, 4) is 0 Å². The first-order valence-corrected chi connectivity index (χ1v) is 9.73. The summed E-state index contributed by atoms with van der Waals surface area (Å²) in [5.74, 6) is -0.187. The first-order chi connectivity index (χ1) is 12.6. The Bertz CT molecular complexity index is 966. The maximum atomic E-state index is 13.1. The van der Waals surface area contributed by atoms with Gasteiger partial charge in [0, 0.05) is 45.5 Å². The summed E-state index contributed by atoms with van der Waals surface area (Å²) < 4.78 is 15.8. The molecule has 0 saturated carbocycles. The second-order valence-electron chi connectivity index (χ2n) is 6.78. The van der Waals surface area contributed by atoms with Crippen LogP contribution in [-0.4, -0.2) is 42.2 Å². The summed E-state index contributed by atoms with van der Waals surface area (Å²) in [5, 5.41) is 0. The molecule has 0 atom stereocenters. The molecule has 3 aromatic rings. The van der Waals surface area contributed by atoms with E-state index >= 15 is 0 Å². The molecule has 4 rings (SSSR count). The van der Waals surface area contributed by atoms with Gasteiger partial charge >= 0.3 is 4.87 Å². The fourth-order valence-corrected chi connectivity index (χ4v) is 4.45. The molecule has 0 bridgehead atoms. The fourth-order valence-electron chi connectivity index (χ4n) is 3.50. The highest BCUT2D eigenvalue weighted by molar-refractivity contribution is 7.16. The van der Waals surface area contributed by atoms with Crippen molar-refractivity contribution in [2.45, 2.75) is 6.42 Å². The van der Waals surface area contributed by atoms with E-state index in [1.165, 1.54) is 29.0 Å². The summed E-state index contributed by atoms with van der Waals surface area (Å²) in [6.07, 6.45) is 0.988. The average molecular weight is 444 g/mol. The molecule has 152 valence electrons. The van der Waals surface area contributed by atoms with Crippen molar-refractivity contribution in [3.05, 3.63) is 63.5 Å². The first-order valence-electron chi connectivity index (χ1n) is 8.91. The van der Waals surface area contributed by atoms with E-state index in [0.717, 1.165) is 55.0 Å². The van der Waals surface area contributed by atoms with E-state index in [9.17, 15) is 9.18 Å². The van der Waals surface area contributed by atoms with Gasteiger partial charge in [0.15, 0.2) is 0 Å². The molecule has 0 radical (unpaired) electrons. The van der Waals surface area contributed by atoms with E-state index in [4.69, 9.17) is 0 Å². The molecule has 2 heterocycles. The molecule has 0 amide bonds. The minimum atomic E-state index is -0.187. The number of rotatable bonds is 4. The van der Waals surface area contributed by atoms with Crippen LogP contribution in [0.1, 0.15) is 5.56 Å². The molecule has 1 aliphatic heterocycles. The summed E-state index contributed by atoms with van der Waals surface area (Å²) in [4.78, 5) is 16.6. The Balaban J connectivity index is 0.00000140. The number of nitrogens with zero attached hydrogens (tertiary/aromatic N) is 3. The quantitative estimate of drug-likeness (QED) is 0.610. The van der Waals surface area contributed by atoms with Gasteiger partial charge in [0.1, 0.15) is 5.82 Å². The van der Waals surface area contributed by atoms with Crippen LogP contribution in [0.25, 0.3) is 10.2 Å². The van der Waals surface area contributed by atoms with Gasteiger partial charge in [0.2, 0.25) is 0 Å². The number of aryl methyl sites for hydroxylation is 1. The zero-order valence-electron chi connectivity index (χ0n) is 15.6. The van der Waals surface area contributed by atoms with E-state index in [2.05, 4.69) is 28.0 Å². The van der Waals surface area contributed by atoms with Crippen molar-refractivity contribution < 1.29 is 4.39 Å². The number of hydrogen-bond donors (Lipinski definition) is 0. The van der Waals surface area contributed by atoms with Crippen LogP contribution in [0.2, 0.25) is 0 Å². The second kappa shape index (κ2) is 9.74. The minimum Gasteiger partial charge on any atom is -0.369 e. The summed E-state index contributed by atoms with van der Waals surface area (Å²) >= 11 is 1.31. The Labute approximate surface area is 180 Å². The van der Waals surface area contributed by atoms with Gasteiger partial charge in [-0.15, -0.1) is 24.8 Å². The van der Waals surface area contributed by atoms with Crippen LogP contribution < -0.4 is 9.77 Å². The average Bonchev–Trinajstić information content (AvgIpc) is 2.95. The third kappa shape index (κ3) is 4.87. The highest BCUT2D eigenvalue weighted by Gasteiger charge is 2.17. The third-order valence-corrected chi connectivity index (χ3v) is 6.13. The highest BCUT2D eigenvalue weighted by Crippen LogP contribution is 2.20. The lowest BCUT2D eigenvalue weighted by atomic mass is 10.1. The molecule has 4 nitrogen and oxygen atoms in total. The van der Waals surface area contributed by atoms with Gasteiger partial charge in [-0.1, -0.05) is 17.4 Å². The number of piperazine rings is 1. The Morgan fingerprint density at radius 1 is 1.00 bits per heavy atom. The van der Waals surface area contributed by atoms with Crippen LogP contribution in [0.5, 0.6) is 0 Å². The van der Waals surface area contributed by atoms with Crippen LogP contribution in [0.15, 0.2) is 47.3 Å². The zero-order valence-corrected chi connectivity index (χ0v) is 18.1. The number of thiazole rings is 1. The van der Waals surface area contributed by atoms with E-state index in [1.807, 2.05) is 19.2 Å². The number of fused-ring (bicyclic) bond motifs is 1. The molecular weight excluding hydrogens is 420 g/mol. The van der Waals surface area contributed by atoms with Crippen LogP contribution >= 0.6 is 36.2 Å². The van der Waals surface area contributed by atoms with Crippen molar-refractivity contribution in [3.63, 3.8) is 0 Å². The maximum Gasteiger partial charge on any atom is 0.307 e. The highest BCUT2D eigenvalue weighted by atomic mass is 35.5. The molecule has 28 heavy (non-hydrogen) atoms. The van der Waals surface area contributed by atoms with Gasteiger partial charge in [-0.05, 0) is 48.4 Å². The number of hydrogen-bond acceptors (Lipinski definition) is 4. The van der Waals surface area contributed by atoms with Crippen molar-refractivity contribution >= 4 is 52.1 Å². The topological polar surface area (TPSA) is 28.5 Å². The van der Waals surface area contributed by atoms with E-state index in [0.29, 0.717) is 0 Å². The lowest BCUT2D eigenvalue weighted by Gasteiger charge is -2.36. The molecule has 1 fully saturated rings. The van der Waals surface area contributed by atoms with Crippen molar-refractivity contribution in [2.24, 2.45) is 7.05 Å². The van der Waals surface area contributed by atoms with Gasteiger partial charge in [-0.25, -0.2) is 4.39 Å². The SMILES string of the molecule is Cl.Cl.Cn1c(=O)sc2cc(CCN3CCN(c4ccc(F)cc4)CC3)ccc21. The van der Waals surface area contributed by atoms with E-state index in [1.54, 1.807) is 4.57 Å². The number of aromatic nitrogens is 1. The van der Waals surface area contributed by atoms with Crippen LogP contribution in [0, 0.1) is 5.82 Å². The van der Waals surface area contributed by atoms with Crippen molar-refractivity contribution in [2.75, 3.05) is 37.6 Å². The van der Waals surface area contributed by atoms with Crippen molar-refractivity contribution in [1.29, 1.82) is 0 Å². The molecule has 0 aliphatic carbocycles.